The lowest BCUT2D eigenvalue weighted by atomic mass is 10.1. The van der Waals surface area contributed by atoms with E-state index in [2.05, 4.69) is 5.32 Å². The van der Waals surface area contributed by atoms with E-state index in [4.69, 9.17) is 4.74 Å². The number of hydrogen-bond donors (Lipinski definition) is 1. The summed E-state index contributed by atoms with van der Waals surface area (Å²) in [6.45, 7) is 5.92. The van der Waals surface area contributed by atoms with Gasteiger partial charge < -0.3 is 15.0 Å². The number of carbonyl (C=O) groups excluding carboxylic acids is 2. The van der Waals surface area contributed by atoms with Crippen molar-refractivity contribution in [2.75, 3.05) is 18.0 Å². The van der Waals surface area contributed by atoms with Crippen molar-refractivity contribution >= 4 is 33.2 Å². The first kappa shape index (κ1) is 33.0. The van der Waals surface area contributed by atoms with Gasteiger partial charge in [-0.05, 0) is 75.2 Å². The Balaban J connectivity index is 2.12. The van der Waals surface area contributed by atoms with E-state index in [9.17, 15) is 32.5 Å². The van der Waals surface area contributed by atoms with E-state index in [-0.39, 0.29) is 35.2 Å². The van der Waals surface area contributed by atoms with Gasteiger partial charge in [-0.25, -0.2) is 12.8 Å². The van der Waals surface area contributed by atoms with Gasteiger partial charge in [0.25, 0.3) is 15.7 Å². The number of halogens is 1. The predicted molar refractivity (Wildman–Crippen MR) is 160 cm³/mol. The third-order valence-electron chi connectivity index (χ3n) is 6.69. The zero-order valence-electron chi connectivity index (χ0n) is 24.6. The van der Waals surface area contributed by atoms with Crippen molar-refractivity contribution in [3.05, 3.63) is 93.8 Å². The maximum absolute atomic E-state index is 14.1. The van der Waals surface area contributed by atoms with Gasteiger partial charge in [-0.3, -0.25) is 24.0 Å². The number of sulfonamides is 1. The predicted octanol–water partition coefficient (Wildman–Crippen LogP) is 4.58. The average molecular weight is 615 g/mol. The summed E-state index contributed by atoms with van der Waals surface area (Å²) in [6, 6.07) is 13.6. The number of nitrogens with one attached hydrogen (secondary N) is 1. The molecule has 0 unspecified atom stereocenters. The maximum atomic E-state index is 14.1. The number of carbonyl (C=O) groups is 2. The monoisotopic (exact) mass is 614 g/mol. The molecule has 0 aromatic heterocycles. The van der Waals surface area contributed by atoms with Gasteiger partial charge in [0.2, 0.25) is 11.8 Å². The van der Waals surface area contributed by atoms with Crippen molar-refractivity contribution in [2.24, 2.45) is 0 Å². The SMILES string of the molecule is CC[C@@H](C(=O)NC(C)C)N(Cc1ccc(F)cc1)C(=O)CN(c1ccc(OC)cc1)S(=O)(=O)c1ccc(C)c([N+](=O)[O-])c1. The number of methoxy groups -OCH3 is 1. The third kappa shape index (κ3) is 8.07. The highest BCUT2D eigenvalue weighted by molar-refractivity contribution is 7.92. The minimum Gasteiger partial charge on any atom is -0.497 e. The van der Waals surface area contributed by atoms with Gasteiger partial charge in [-0.15, -0.1) is 0 Å². The summed E-state index contributed by atoms with van der Waals surface area (Å²) < 4.78 is 47.7. The molecule has 3 aromatic carbocycles. The number of nitrogens with zero attached hydrogens (tertiary/aromatic N) is 3. The molecule has 0 aliphatic heterocycles. The quantitative estimate of drug-likeness (QED) is 0.220. The number of nitro benzene ring substituents is 1. The van der Waals surface area contributed by atoms with E-state index in [0.717, 1.165) is 10.4 Å². The Hall–Kier alpha value is -4.52. The Kier molecular flexibility index (Phi) is 10.8. The zero-order chi connectivity index (χ0) is 31.9. The number of ether oxygens (including phenoxy) is 1. The molecule has 3 aromatic rings. The smallest absolute Gasteiger partial charge is 0.273 e. The van der Waals surface area contributed by atoms with E-state index in [0.29, 0.717) is 11.3 Å². The lowest BCUT2D eigenvalue weighted by Crippen LogP contribution is -2.53. The van der Waals surface area contributed by atoms with Gasteiger partial charge in [0.1, 0.15) is 24.2 Å². The van der Waals surface area contributed by atoms with Crippen LogP contribution in [0.5, 0.6) is 5.75 Å². The lowest BCUT2D eigenvalue weighted by molar-refractivity contribution is -0.385. The van der Waals surface area contributed by atoms with Crippen molar-refractivity contribution in [3.63, 3.8) is 0 Å². The van der Waals surface area contributed by atoms with Crippen molar-refractivity contribution in [1.29, 1.82) is 0 Å². The molecule has 1 N–H and O–H groups in total. The van der Waals surface area contributed by atoms with Crippen LogP contribution in [0.4, 0.5) is 15.8 Å². The summed E-state index contributed by atoms with van der Waals surface area (Å²) in [5, 5.41) is 14.4. The summed E-state index contributed by atoms with van der Waals surface area (Å²) >= 11 is 0. The minimum absolute atomic E-state index is 0.0961. The topological polar surface area (TPSA) is 139 Å². The zero-order valence-corrected chi connectivity index (χ0v) is 25.4. The molecule has 13 heteroatoms. The van der Waals surface area contributed by atoms with Crippen molar-refractivity contribution in [3.8, 4) is 5.75 Å². The fraction of sp³-hybridized carbons (Fsp3) is 0.333. The van der Waals surface area contributed by atoms with E-state index in [1.807, 2.05) is 0 Å². The highest BCUT2D eigenvalue weighted by Crippen LogP contribution is 2.29. The van der Waals surface area contributed by atoms with Crippen molar-refractivity contribution in [2.45, 2.75) is 57.6 Å². The number of anilines is 1. The molecule has 1 atom stereocenters. The number of nitro groups is 1. The molecule has 0 aliphatic carbocycles. The van der Waals surface area contributed by atoms with E-state index < -0.39 is 50.9 Å². The molecule has 0 bridgehead atoms. The first-order valence-electron chi connectivity index (χ1n) is 13.5. The maximum Gasteiger partial charge on any atom is 0.273 e. The van der Waals surface area contributed by atoms with E-state index in [1.165, 1.54) is 79.6 Å². The molecular weight excluding hydrogens is 579 g/mol. The Morgan fingerprint density at radius 2 is 1.67 bits per heavy atom. The van der Waals surface area contributed by atoms with Crippen LogP contribution in [0.1, 0.15) is 38.3 Å². The van der Waals surface area contributed by atoms with Crippen LogP contribution in [0.15, 0.2) is 71.6 Å². The minimum atomic E-state index is -4.53. The molecule has 2 amide bonds. The number of benzene rings is 3. The van der Waals surface area contributed by atoms with E-state index in [1.54, 1.807) is 20.8 Å². The summed E-state index contributed by atoms with van der Waals surface area (Å²) in [5.74, 6) is -1.18. The Morgan fingerprint density at radius 1 is 1.05 bits per heavy atom. The number of aryl methyl sites for hydroxylation is 1. The Bertz CT molecular complexity index is 1560. The highest BCUT2D eigenvalue weighted by Gasteiger charge is 2.34. The van der Waals surface area contributed by atoms with E-state index >= 15 is 0 Å². The number of hydrogen-bond acceptors (Lipinski definition) is 7. The van der Waals surface area contributed by atoms with Crippen LogP contribution in [-0.2, 0) is 26.2 Å². The molecule has 0 aliphatic rings. The molecule has 230 valence electrons. The fourth-order valence-electron chi connectivity index (χ4n) is 4.44. The molecule has 0 heterocycles. The van der Waals surface area contributed by atoms with Crippen LogP contribution in [0.3, 0.4) is 0 Å². The second-order valence-electron chi connectivity index (χ2n) is 10.2. The largest absolute Gasteiger partial charge is 0.497 e. The number of amides is 2. The highest BCUT2D eigenvalue weighted by atomic mass is 32.2. The second kappa shape index (κ2) is 14.1. The van der Waals surface area contributed by atoms with Gasteiger partial charge in [0.05, 0.1) is 22.6 Å². The van der Waals surface area contributed by atoms with Crippen LogP contribution < -0.4 is 14.4 Å². The second-order valence-corrected chi connectivity index (χ2v) is 12.0. The van der Waals surface area contributed by atoms with Crippen molar-refractivity contribution < 1.29 is 32.1 Å². The molecule has 0 spiro atoms. The van der Waals surface area contributed by atoms with Gasteiger partial charge in [0.15, 0.2) is 0 Å². The molecule has 3 rings (SSSR count). The molecule has 0 fully saturated rings. The van der Waals surface area contributed by atoms with Gasteiger partial charge >= 0.3 is 0 Å². The standard InChI is InChI=1S/C30H35FN4O7S/c1-6-27(30(37)32-20(2)3)33(18-22-8-10-23(31)11-9-22)29(36)19-34(24-12-14-25(42-5)15-13-24)43(40,41)26-16-7-21(4)28(17-26)35(38)39/h7-17,20,27H,6,18-19H2,1-5H3,(H,32,37)/t27-/m0/s1. The first-order valence-corrected chi connectivity index (χ1v) is 15.0. The Morgan fingerprint density at radius 3 is 2.21 bits per heavy atom. The molecule has 0 saturated heterocycles. The van der Waals surface area contributed by atoms with Gasteiger partial charge in [0, 0.05) is 24.2 Å². The average Bonchev–Trinajstić information content (AvgIpc) is 2.96. The molecular formula is C30H35FN4O7S. The molecule has 43 heavy (non-hydrogen) atoms. The number of rotatable bonds is 13. The first-order chi connectivity index (χ1) is 20.3. The fourth-order valence-corrected chi connectivity index (χ4v) is 5.87. The lowest BCUT2D eigenvalue weighted by Gasteiger charge is -2.33. The van der Waals surface area contributed by atoms with Crippen LogP contribution >= 0.6 is 0 Å². The molecule has 0 radical (unpaired) electrons. The molecule has 11 nitrogen and oxygen atoms in total. The normalized spacial score (nSPS) is 12.0. The summed E-state index contributed by atoms with van der Waals surface area (Å²) in [5.41, 5.74) is 0.497. The summed E-state index contributed by atoms with van der Waals surface area (Å²) in [7, 11) is -3.09. The van der Waals surface area contributed by atoms with Crippen molar-refractivity contribution in [1.82, 2.24) is 10.2 Å². The Labute approximate surface area is 250 Å². The van der Waals surface area contributed by atoms with Crippen LogP contribution in [0, 0.1) is 22.9 Å². The third-order valence-corrected chi connectivity index (χ3v) is 8.46. The van der Waals surface area contributed by atoms with Gasteiger partial charge in [-0.1, -0.05) is 25.1 Å². The summed E-state index contributed by atoms with van der Waals surface area (Å²) in [4.78, 5) is 39.0. The summed E-state index contributed by atoms with van der Waals surface area (Å²) in [6.07, 6.45) is 0.213. The van der Waals surface area contributed by atoms with Crippen LogP contribution in [0.25, 0.3) is 0 Å². The van der Waals surface area contributed by atoms with Gasteiger partial charge in [-0.2, -0.15) is 0 Å². The van der Waals surface area contributed by atoms with Crippen LogP contribution in [0.2, 0.25) is 0 Å². The molecule has 0 saturated carbocycles. The van der Waals surface area contributed by atoms with Crippen LogP contribution in [-0.4, -0.2) is 55.8 Å².